The molecule has 1 heterocycles. The lowest BCUT2D eigenvalue weighted by Crippen LogP contribution is -2.41. The van der Waals surface area contributed by atoms with Crippen LogP contribution in [0.25, 0.3) is 0 Å². The van der Waals surface area contributed by atoms with E-state index in [1.54, 1.807) is 0 Å². The first-order valence-corrected chi connectivity index (χ1v) is 8.18. The summed E-state index contributed by atoms with van der Waals surface area (Å²) in [6.07, 6.45) is 2.10. The third-order valence-electron chi connectivity index (χ3n) is 4.19. The number of nitrogens with one attached hydrogen (secondary N) is 1. The van der Waals surface area contributed by atoms with Crippen molar-refractivity contribution in [3.05, 3.63) is 64.1 Å². The zero-order chi connectivity index (χ0) is 14.7. The molecule has 0 saturated heterocycles. The van der Waals surface area contributed by atoms with E-state index in [0.29, 0.717) is 12.0 Å². The van der Waals surface area contributed by atoms with E-state index in [1.165, 1.54) is 11.1 Å². The number of ether oxygens (including phenoxy) is 1. The van der Waals surface area contributed by atoms with Gasteiger partial charge in [0, 0.05) is 16.4 Å². The van der Waals surface area contributed by atoms with Gasteiger partial charge in [-0.3, -0.25) is 0 Å². The van der Waals surface area contributed by atoms with Gasteiger partial charge in [0.1, 0.15) is 5.75 Å². The highest BCUT2D eigenvalue weighted by Gasteiger charge is 2.26. The van der Waals surface area contributed by atoms with Crippen molar-refractivity contribution in [2.24, 2.45) is 5.92 Å². The molecule has 0 radical (unpaired) electrons. The fourth-order valence-electron chi connectivity index (χ4n) is 3.03. The molecule has 2 aromatic rings. The maximum absolute atomic E-state index is 5.93. The molecule has 2 aromatic carbocycles. The average Bonchev–Trinajstić information content (AvgIpc) is 2.52. The molecule has 21 heavy (non-hydrogen) atoms. The highest BCUT2D eigenvalue weighted by Crippen LogP contribution is 2.29. The Balaban J connectivity index is 1.73. The second-order valence-electron chi connectivity index (χ2n) is 5.61. The lowest BCUT2D eigenvalue weighted by atomic mass is 9.87. The lowest BCUT2D eigenvalue weighted by molar-refractivity contribution is 0.187. The molecule has 0 spiro atoms. The van der Waals surface area contributed by atoms with Crippen molar-refractivity contribution in [3.63, 3.8) is 0 Å². The van der Waals surface area contributed by atoms with Gasteiger partial charge >= 0.3 is 0 Å². The second kappa shape index (κ2) is 6.63. The predicted octanol–water partition coefficient (Wildman–Crippen LogP) is 3.83. The summed E-state index contributed by atoms with van der Waals surface area (Å²) in [5, 5.41) is 3.48. The summed E-state index contributed by atoms with van der Waals surface area (Å²) >= 11 is 3.55. The quantitative estimate of drug-likeness (QED) is 0.909. The van der Waals surface area contributed by atoms with E-state index in [2.05, 4.69) is 63.7 Å². The summed E-state index contributed by atoms with van der Waals surface area (Å²) in [5.41, 5.74) is 2.67. The van der Waals surface area contributed by atoms with Gasteiger partial charge in [0.25, 0.3) is 0 Å². The Morgan fingerprint density at radius 2 is 2.10 bits per heavy atom. The number of rotatable bonds is 4. The van der Waals surface area contributed by atoms with Crippen molar-refractivity contribution in [3.8, 4) is 5.75 Å². The van der Waals surface area contributed by atoms with Crippen LogP contribution >= 0.6 is 15.9 Å². The number of benzene rings is 2. The van der Waals surface area contributed by atoms with Gasteiger partial charge in [-0.1, -0.05) is 46.3 Å². The van der Waals surface area contributed by atoms with E-state index >= 15 is 0 Å². The largest absolute Gasteiger partial charge is 0.493 e. The van der Waals surface area contributed by atoms with Crippen LogP contribution in [0.4, 0.5) is 0 Å². The number of halogens is 1. The lowest BCUT2D eigenvalue weighted by Gasteiger charge is -2.31. The Bertz CT molecular complexity index is 614. The summed E-state index contributed by atoms with van der Waals surface area (Å²) in [7, 11) is 2.04. The summed E-state index contributed by atoms with van der Waals surface area (Å²) in [6, 6.07) is 17.3. The standard InChI is InChI=1S/C18H20BrNO/c1-20-17(10-13-5-4-7-16(19)9-13)15-11-14-6-2-3-8-18(14)21-12-15/h2-9,15,17,20H,10-12H2,1H3. The SMILES string of the molecule is CNC(Cc1cccc(Br)c1)C1COc2ccccc2C1. The van der Waals surface area contributed by atoms with E-state index in [0.717, 1.165) is 29.7 Å². The van der Waals surface area contributed by atoms with Crippen LogP contribution in [0.1, 0.15) is 11.1 Å². The molecule has 2 unspecified atom stereocenters. The van der Waals surface area contributed by atoms with E-state index in [9.17, 15) is 0 Å². The first-order valence-electron chi connectivity index (χ1n) is 7.38. The highest BCUT2D eigenvalue weighted by atomic mass is 79.9. The predicted molar refractivity (Wildman–Crippen MR) is 89.8 cm³/mol. The molecule has 0 aliphatic carbocycles. The zero-order valence-electron chi connectivity index (χ0n) is 12.2. The summed E-state index contributed by atoms with van der Waals surface area (Å²) in [6.45, 7) is 0.788. The molecule has 110 valence electrons. The topological polar surface area (TPSA) is 21.3 Å². The maximum Gasteiger partial charge on any atom is 0.122 e. The Hall–Kier alpha value is -1.32. The minimum atomic E-state index is 0.424. The molecular formula is C18H20BrNO. The molecule has 2 atom stereocenters. The van der Waals surface area contributed by atoms with Crippen molar-refractivity contribution in [1.82, 2.24) is 5.32 Å². The van der Waals surface area contributed by atoms with Gasteiger partial charge in [-0.2, -0.15) is 0 Å². The normalized spacial score (nSPS) is 18.7. The molecule has 0 amide bonds. The molecule has 1 aliphatic heterocycles. The smallest absolute Gasteiger partial charge is 0.122 e. The Kier molecular flexibility index (Phi) is 4.61. The minimum Gasteiger partial charge on any atom is -0.493 e. The minimum absolute atomic E-state index is 0.424. The Morgan fingerprint density at radius 1 is 1.24 bits per heavy atom. The van der Waals surface area contributed by atoms with E-state index in [1.807, 2.05) is 13.1 Å². The monoisotopic (exact) mass is 345 g/mol. The van der Waals surface area contributed by atoms with Gasteiger partial charge in [-0.05, 0) is 49.2 Å². The third kappa shape index (κ3) is 3.47. The molecule has 0 fully saturated rings. The summed E-state index contributed by atoms with van der Waals surface area (Å²) < 4.78 is 7.07. The molecule has 1 aliphatic rings. The number of hydrogen-bond acceptors (Lipinski definition) is 2. The van der Waals surface area contributed by atoms with E-state index in [-0.39, 0.29) is 0 Å². The molecule has 0 bridgehead atoms. The van der Waals surface area contributed by atoms with E-state index < -0.39 is 0 Å². The molecule has 3 heteroatoms. The fourth-order valence-corrected chi connectivity index (χ4v) is 3.48. The molecule has 0 aromatic heterocycles. The van der Waals surface area contributed by atoms with Crippen LogP contribution in [0.2, 0.25) is 0 Å². The van der Waals surface area contributed by atoms with Crippen molar-refractivity contribution in [1.29, 1.82) is 0 Å². The number of likely N-dealkylation sites (N-methyl/N-ethyl adjacent to an activating group) is 1. The van der Waals surface area contributed by atoms with Crippen molar-refractivity contribution >= 4 is 15.9 Å². The number of fused-ring (bicyclic) bond motifs is 1. The van der Waals surface area contributed by atoms with Crippen molar-refractivity contribution in [2.45, 2.75) is 18.9 Å². The molecule has 2 nitrogen and oxygen atoms in total. The van der Waals surface area contributed by atoms with Crippen LogP contribution in [0, 0.1) is 5.92 Å². The first-order chi connectivity index (χ1) is 10.3. The van der Waals surface area contributed by atoms with Gasteiger partial charge in [0.15, 0.2) is 0 Å². The van der Waals surface area contributed by atoms with Crippen LogP contribution in [0.5, 0.6) is 5.75 Å². The number of para-hydroxylation sites is 1. The van der Waals surface area contributed by atoms with Gasteiger partial charge < -0.3 is 10.1 Å². The van der Waals surface area contributed by atoms with Crippen LogP contribution in [0.3, 0.4) is 0 Å². The molecular weight excluding hydrogens is 326 g/mol. The summed E-state index contributed by atoms with van der Waals surface area (Å²) in [4.78, 5) is 0. The number of hydrogen-bond donors (Lipinski definition) is 1. The van der Waals surface area contributed by atoms with Gasteiger partial charge in [0.2, 0.25) is 0 Å². The Morgan fingerprint density at radius 3 is 2.90 bits per heavy atom. The van der Waals surface area contributed by atoms with Gasteiger partial charge in [0.05, 0.1) is 6.61 Å². The van der Waals surface area contributed by atoms with Gasteiger partial charge in [-0.15, -0.1) is 0 Å². The summed E-state index contributed by atoms with van der Waals surface area (Å²) in [5.74, 6) is 1.55. The first kappa shape index (κ1) is 14.6. The molecule has 1 N–H and O–H groups in total. The zero-order valence-corrected chi connectivity index (χ0v) is 13.8. The fraction of sp³-hybridized carbons (Fsp3) is 0.333. The van der Waals surface area contributed by atoms with Crippen LogP contribution in [-0.4, -0.2) is 19.7 Å². The Labute approximate surface area is 134 Å². The highest BCUT2D eigenvalue weighted by molar-refractivity contribution is 9.10. The molecule has 0 saturated carbocycles. The van der Waals surface area contributed by atoms with Crippen LogP contribution < -0.4 is 10.1 Å². The van der Waals surface area contributed by atoms with Crippen LogP contribution in [0.15, 0.2) is 53.0 Å². The van der Waals surface area contributed by atoms with Crippen molar-refractivity contribution < 1.29 is 4.74 Å². The van der Waals surface area contributed by atoms with Gasteiger partial charge in [-0.25, -0.2) is 0 Å². The average molecular weight is 346 g/mol. The van der Waals surface area contributed by atoms with Crippen LogP contribution in [-0.2, 0) is 12.8 Å². The van der Waals surface area contributed by atoms with Crippen molar-refractivity contribution in [2.75, 3.05) is 13.7 Å². The molecule has 3 rings (SSSR count). The maximum atomic E-state index is 5.93. The van der Waals surface area contributed by atoms with E-state index in [4.69, 9.17) is 4.74 Å². The second-order valence-corrected chi connectivity index (χ2v) is 6.53. The third-order valence-corrected chi connectivity index (χ3v) is 4.69.